The minimum atomic E-state index is -0.921. The van der Waals surface area contributed by atoms with Crippen LogP contribution in [0.3, 0.4) is 0 Å². The summed E-state index contributed by atoms with van der Waals surface area (Å²) in [7, 11) is 1.38. The summed E-state index contributed by atoms with van der Waals surface area (Å²) < 4.78 is 10.9. The zero-order valence-electron chi connectivity index (χ0n) is 19.9. The Kier molecular flexibility index (Phi) is 8.63. The lowest BCUT2D eigenvalue weighted by Gasteiger charge is -2.32. The van der Waals surface area contributed by atoms with Crippen LogP contribution < -0.4 is 10.1 Å². The number of aromatic nitrogens is 1. The molecule has 0 aliphatic rings. The molecule has 1 aromatic heterocycles. The number of hydrogen-bond donors (Lipinski definition) is 2. The Morgan fingerprint density at radius 2 is 1.84 bits per heavy atom. The molecule has 32 heavy (non-hydrogen) atoms. The molecule has 2 N–H and O–H groups in total. The van der Waals surface area contributed by atoms with Gasteiger partial charge in [-0.2, -0.15) is 0 Å². The normalized spacial score (nSPS) is 13.9. The Hall–Kier alpha value is -3.09. The van der Waals surface area contributed by atoms with Gasteiger partial charge in [0.05, 0.1) is 7.11 Å². The highest BCUT2D eigenvalue weighted by Crippen LogP contribution is 2.34. The lowest BCUT2D eigenvalue weighted by molar-refractivity contribution is -0.153. The van der Waals surface area contributed by atoms with Crippen LogP contribution in [0.1, 0.15) is 67.2 Å². The van der Waals surface area contributed by atoms with E-state index in [-0.39, 0.29) is 35.1 Å². The number of amides is 1. The van der Waals surface area contributed by atoms with Crippen molar-refractivity contribution in [2.45, 2.75) is 66.0 Å². The summed E-state index contributed by atoms with van der Waals surface area (Å²) in [6, 6.07) is 6.83. The van der Waals surface area contributed by atoms with Crippen LogP contribution in [0.5, 0.6) is 11.5 Å². The predicted octanol–water partition coefficient (Wildman–Crippen LogP) is 4.29. The van der Waals surface area contributed by atoms with Crippen molar-refractivity contribution in [1.29, 1.82) is 0 Å². The van der Waals surface area contributed by atoms with Crippen molar-refractivity contribution >= 4 is 11.9 Å². The molecule has 0 radical (unpaired) electrons. The molecule has 0 fully saturated rings. The molecule has 2 aromatic rings. The van der Waals surface area contributed by atoms with Gasteiger partial charge in [0.2, 0.25) is 0 Å². The lowest BCUT2D eigenvalue weighted by atomic mass is 9.80. The first-order chi connectivity index (χ1) is 15.1. The van der Waals surface area contributed by atoms with Gasteiger partial charge in [-0.1, -0.05) is 44.5 Å². The zero-order chi connectivity index (χ0) is 24.0. The number of methoxy groups -OCH3 is 1. The van der Waals surface area contributed by atoms with Crippen LogP contribution in [-0.2, 0) is 9.53 Å². The second kappa shape index (κ2) is 11.0. The molecule has 0 aliphatic heterocycles. The molecule has 1 heterocycles. The maximum Gasteiger partial charge on any atom is 0.328 e. The van der Waals surface area contributed by atoms with E-state index >= 15 is 0 Å². The molecule has 174 valence electrons. The highest BCUT2D eigenvalue weighted by atomic mass is 16.5. The number of nitrogens with one attached hydrogen (secondary N) is 1. The van der Waals surface area contributed by atoms with Crippen molar-refractivity contribution in [3.05, 3.63) is 52.8 Å². The first-order valence-corrected chi connectivity index (χ1v) is 10.9. The fourth-order valence-electron chi connectivity index (χ4n) is 3.86. The number of benzene rings is 1. The predicted molar refractivity (Wildman–Crippen MR) is 123 cm³/mol. The molecule has 0 saturated carbocycles. The number of carbonyl (C=O) groups is 2. The van der Waals surface area contributed by atoms with E-state index in [0.717, 1.165) is 11.1 Å². The number of aryl methyl sites for hydroxylation is 2. The number of aromatic hydroxyl groups is 1. The van der Waals surface area contributed by atoms with Gasteiger partial charge in [-0.15, -0.1) is 0 Å². The van der Waals surface area contributed by atoms with Crippen molar-refractivity contribution in [3.8, 4) is 11.5 Å². The molecule has 1 aromatic carbocycles. The first-order valence-electron chi connectivity index (χ1n) is 10.9. The van der Waals surface area contributed by atoms with E-state index in [1.807, 2.05) is 13.8 Å². The standard InChI is InChI=1S/C25H34N2O5/c1-8-19(21(14(2)3)18-13-15(4)9-10-16(18)5)32-25(30)17(6)27-24(29)22-23(28)20(31-7)11-12-26-22/h9-14,17,19,21,28H,8H2,1-7H3,(H,27,29)/t17-,19-,21-/m0/s1. The van der Waals surface area contributed by atoms with Gasteiger partial charge in [0.25, 0.3) is 5.91 Å². The summed E-state index contributed by atoms with van der Waals surface area (Å²) >= 11 is 0. The summed E-state index contributed by atoms with van der Waals surface area (Å²) in [5, 5.41) is 12.7. The number of nitrogens with zero attached hydrogens (tertiary/aromatic N) is 1. The molecule has 0 aliphatic carbocycles. The van der Waals surface area contributed by atoms with Crippen LogP contribution in [0.15, 0.2) is 30.5 Å². The number of carbonyl (C=O) groups excluding carboxylic acids is 2. The number of ether oxygens (including phenoxy) is 2. The molecule has 0 unspecified atom stereocenters. The second-order valence-electron chi connectivity index (χ2n) is 8.42. The molecule has 0 saturated heterocycles. The summed E-state index contributed by atoms with van der Waals surface area (Å²) in [5.74, 6) is -1.21. The fraction of sp³-hybridized carbons (Fsp3) is 0.480. The number of pyridine rings is 1. The average molecular weight is 443 g/mol. The Labute approximate surface area is 190 Å². The van der Waals surface area contributed by atoms with Gasteiger partial charge in [0.15, 0.2) is 17.2 Å². The molecule has 7 nitrogen and oxygen atoms in total. The fourth-order valence-corrected chi connectivity index (χ4v) is 3.86. The highest BCUT2D eigenvalue weighted by Gasteiger charge is 2.31. The van der Waals surface area contributed by atoms with Crippen LogP contribution in [0.2, 0.25) is 0 Å². The molecular formula is C25H34N2O5. The van der Waals surface area contributed by atoms with Gasteiger partial charge in [0.1, 0.15) is 12.1 Å². The van der Waals surface area contributed by atoms with Gasteiger partial charge in [-0.05, 0) is 44.2 Å². The third kappa shape index (κ3) is 5.78. The largest absolute Gasteiger partial charge is 0.503 e. The average Bonchev–Trinajstić information content (AvgIpc) is 2.75. The zero-order valence-corrected chi connectivity index (χ0v) is 19.9. The Morgan fingerprint density at radius 1 is 1.16 bits per heavy atom. The van der Waals surface area contributed by atoms with E-state index in [1.165, 1.54) is 24.9 Å². The van der Waals surface area contributed by atoms with E-state index in [4.69, 9.17) is 9.47 Å². The molecule has 3 atom stereocenters. The first kappa shape index (κ1) is 25.2. The SMILES string of the molecule is CC[C@H](OC(=O)[C@H](C)NC(=O)c1nccc(OC)c1O)[C@H](c1cc(C)ccc1C)C(C)C. The molecule has 0 bridgehead atoms. The molecule has 2 rings (SSSR count). The highest BCUT2D eigenvalue weighted by molar-refractivity contribution is 5.97. The van der Waals surface area contributed by atoms with E-state index in [1.54, 1.807) is 6.92 Å². The Balaban J connectivity index is 2.17. The van der Waals surface area contributed by atoms with Crippen molar-refractivity contribution < 1.29 is 24.2 Å². The minimum Gasteiger partial charge on any atom is -0.503 e. The van der Waals surface area contributed by atoms with Gasteiger partial charge in [0, 0.05) is 18.2 Å². The third-order valence-corrected chi connectivity index (χ3v) is 5.61. The number of hydrogen-bond acceptors (Lipinski definition) is 6. The van der Waals surface area contributed by atoms with Gasteiger partial charge < -0.3 is 19.9 Å². The van der Waals surface area contributed by atoms with Gasteiger partial charge in [-0.3, -0.25) is 4.79 Å². The maximum absolute atomic E-state index is 12.9. The Bertz CT molecular complexity index is 957. The van der Waals surface area contributed by atoms with Crippen molar-refractivity contribution in [2.24, 2.45) is 5.92 Å². The quantitative estimate of drug-likeness (QED) is 0.562. The van der Waals surface area contributed by atoms with Crippen LogP contribution in [0, 0.1) is 19.8 Å². The summed E-state index contributed by atoms with van der Waals surface area (Å²) in [6.45, 7) is 11.9. The van der Waals surface area contributed by atoms with Gasteiger partial charge in [-0.25, -0.2) is 9.78 Å². The van der Waals surface area contributed by atoms with E-state index in [2.05, 4.69) is 49.3 Å². The van der Waals surface area contributed by atoms with E-state index < -0.39 is 17.9 Å². The van der Waals surface area contributed by atoms with Crippen molar-refractivity contribution in [2.75, 3.05) is 7.11 Å². The third-order valence-electron chi connectivity index (χ3n) is 5.61. The summed E-state index contributed by atoms with van der Waals surface area (Å²) in [6.07, 6.45) is 1.65. The summed E-state index contributed by atoms with van der Waals surface area (Å²) in [5.41, 5.74) is 3.27. The summed E-state index contributed by atoms with van der Waals surface area (Å²) in [4.78, 5) is 29.3. The lowest BCUT2D eigenvalue weighted by Crippen LogP contribution is -2.42. The van der Waals surface area contributed by atoms with Crippen LogP contribution in [0.25, 0.3) is 0 Å². The van der Waals surface area contributed by atoms with Crippen LogP contribution in [-0.4, -0.2) is 41.2 Å². The van der Waals surface area contributed by atoms with Crippen LogP contribution >= 0.6 is 0 Å². The van der Waals surface area contributed by atoms with E-state index in [9.17, 15) is 14.7 Å². The topological polar surface area (TPSA) is 97.8 Å². The van der Waals surface area contributed by atoms with Crippen molar-refractivity contribution in [1.82, 2.24) is 10.3 Å². The molecule has 1 amide bonds. The minimum absolute atomic E-state index is 0.0239. The number of esters is 1. The van der Waals surface area contributed by atoms with Crippen molar-refractivity contribution in [3.63, 3.8) is 0 Å². The van der Waals surface area contributed by atoms with Crippen LogP contribution in [0.4, 0.5) is 0 Å². The Morgan fingerprint density at radius 3 is 2.44 bits per heavy atom. The monoisotopic (exact) mass is 442 g/mol. The maximum atomic E-state index is 12.9. The smallest absolute Gasteiger partial charge is 0.328 e. The molecule has 7 heteroatoms. The number of rotatable bonds is 9. The molecular weight excluding hydrogens is 408 g/mol. The molecule has 0 spiro atoms. The van der Waals surface area contributed by atoms with E-state index in [0.29, 0.717) is 6.42 Å². The van der Waals surface area contributed by atoms with Gasteiger partial charge >= 0.3 is 5.97 Å². The second-order valence-corrected chi connectivity index (χ2v) is 8.42.